The van der Waals surface area contributed by atoms with E-state index in [1.807, 2.05) is 91.0 Å². The first-order valence-corrected chi connectivity index (χ1v) is 12.3. The molecule has 1 heterocycles. The summed E-state index contributed by atoms with van der Waals surface area (Å²) in [6.45, 7) is -0.134. The molecule has 4 N–H and O–H groups in total. The number of hydrogen-bond acceptors (Lipinski definition) is 7. The summed E-state index contributed by atoms with van der Waals surface area (Å²) >= 11 is 0. The van der Waals surface area contributed by atoms with E-state index in [0.717, 1.165) is 16.7 Å². The van der Waals surface area contributed by atoms with Crippen LogP contribution in [0.25, 0.3) is 0 Å². The molecule has 0 spiro atoms. The zero-order valence-corrected chi connectivity index (χ0v) is 20.3. The first-order chi connectivity index (χ1) is 17.9. The number of rotatable bonds is 11. The second kappa shape index (κ2) is 12.4. The summed E-state index contributed by atoms with van der Waals surface area (Å²) in [5.74, 6) is -0.963. The summed E-state index contributed by atoms with van der Waals surface area (Å²) < 4.78 is 18.0. The van der Waals surface area contributed by atoms with Crippen LogP contribution in [-0.4, -0.2) is 70.3 Å². The fourth-order valence-corrected chi connectivity index (χ4v) is 4.59. The number of carboxylic acids is 1. The molecular weight excluding hydrogens is 476 g/mol. The van der Waals surface area contributed by atoms with Crippen molar-refractivity contribution in [2.75, 3.05) is 13.2 Å². The van der Waals surface area contributed by atoms with E-state index in [1.54, 1.807) is 0 Å². The Morgan fingerprint density at radius 2 is 1.24 bits per heavy atom. The number of aliphatic carboxylic acids is 1. The zero-order chi connectivity index (χ0) is 26.3. The lowest BCUT2D eigenvalue weighted by Crippen LogP contribution is -2.59. The lowest BCUT2D eigenvalue weighted by molar-refractivity contribution is -0.305. The van der Waals surface area contributed by atoms with Crippen LogP contribution in [0.2, 0.25) is 0 Å². The Morgan fingerprint density at radius 1 is 0.757 bits per heavy atom. The normalized spacial score (nSPS) is 24.0. The zero-order valence-electron chi connectivity index (χ0n) is 20.3. The minimum Gasteiger partial charge on any atom is -0.481 e. The van der Waals surface area contributed by atoms with Gasteiger partial charge in [0.15, 0.2) is 6.29 Å². The number of aliphatic hydroxyl groups is 3. The average molecular weight is 509 g/mol. The van der Waals surface area contributed by atoms with Crippen LogP contribution in [0.15, 0.2) is 91.0 Å². The molecule has 0 aliphatic carbocycles. The quantitative estimate of drug-likeness (QED) is 0.230. The molecule has 0 bridgehead atoms. The van der Waals surface area contributed by atoms with Crippen molar-refractivity contribution in [1.82, 2.24) is 0 Å². The first kappa shape index (κ1) is 26.9. The van der Waals surface area contributed by atoms with Gasteiger partial charge in [0.2, 0.25) is 0 Å². The van der Waals surface area contributed by atoms with E-state index in [0.29, 0.717) is 0 Å². The second-order valence-corrected chi connectivity index (χ2v) is 8.97. The van der Waals surface area contributed by atoms with Crippen molar-refractivity contribution in [3.8, 4) is 0 Å². The van der Waals surface area contributed by atoms with E-state index in [4.69, 9.17) is 19.3 Å². The Balaban J connectivity index is 1.63. The highest BCUT2D eigenvalue weighted by Gasteiger charge is 2.46. The summed E-state index contributed by atoms with van der Waals surface area (Å²) in [7, 11) is 0. The maximum Gasteiger partial charge on any atom is 0.303 e. The van der Waals surface area contributed by atoms with Gasteiger partial charge >= 0.3 is 5.97 Å². The van der Waals surface area contributed by atoms with Crippen molar-refractivity contribution in [3.63, 3.8) is 0 Å². The van der Waals surface area contributed by atoms with Crippen LogP contribution >= 0.6 is 0 Å². The molecule has 1 saturated heterocycles. The maximum atomic E-state index is 10.8. The maximum absolute atomic E-state index is 10.8. The van der Waals surface area contributed by atoms with E-state index < -0.39 is 42.3 Å². The molecule has 4 rings (SSSR count). The van der Waals surface area contributed by atoms with Crippen LogP contribution in [0.4, 0.5) is 0 Å². The van der Waals surface area contributed by atoms with Gasteiger partial charge in [0, 0.05) is 6.42 Å². The van der Waals surface area contributed by atoms with Gasteiger partial charge in [-0.3, -0.25) is 4.79 Å². The molecule has 3 aromatic rings. The molecule has 0 aromatic heterocycles. The van der Waals surface area contributed by atoms with E-state index >= 15 is 0 Å². The van der Waals surface area contributed by atoms with Crippen LogP contribution in [-0.2, 0) is 24.6 Å². The topological polar surface area (TPSA) is 126 Å². The van der Waals surface area contributed by atoms with Gasteiger partial charge < -0.3 is 34.6 Å². The molecule has 5 unspecified atom stereocenters. The van der Waals surface area contributed by atoms with E-state index in [-0.39, 0.29) is 26.1 Å². The van der Waals surface area contributed by atoms with Gasteiger partial charge in [-0.05, 0) is 23.1 Å². The Kier molecular flexibility index (Phi) is 9.04. The number of benzene rings is 3. The van der Waals surface area contributed by atoms with Crippen LogP contribution < -0.4 is 0 Å². The molecule has 1 fully saturated rings. The Bertz CT molecular complexity index is 1010. The van der Waals surface area contributed by atoms with Gasteiger partial charge in [-0.25, -0.2) is 0 Å². The monoisotopic (exact) mass is 508 g/mol. The van der Waals surface area contributed by atoms with E-state index in [1.165, 1.54) is 0 Å². The third-order valence-electron chi connectivity index (χ3n) is 6.49. The van der Waals surface area contributed by atoms with Gasteiger partial charge in [0.05, 0.1) is 13.2 Å². The number of aliphatic hydroxyl groups excluding tert-OH is 3. The van der Waals surface area contributed by atoms with Crippen molar-refractivity contribution < 1.29 is 39.4 Å². The Hall–Kier alpha value is -3.11. The summed E-state index contributed by atoms with van der Waals surface area (Å²) in [5.41, 5.74) is 1.52. The minimum absolute atomic E-state index is 0.00635. The third-order valence-corrected chi connectivity index (χ3v) is 6.49. The summed E-state index contributed by atoms with van der Waals surface area (Å²) in [6.07, 6.45) is -6.65. The van der Waals surface area contributed by atoms with Gasteiger partial charge in [-0.1, -0.05) is 91.0 Å². The predicted octanol–water partition coefficient (Wildman–Crippen LogP) is 2.68. The summed E-state index contributed by atoms with van der Waals surface area (Å²) in [5, 5.41) is 40.4. The second-order valence-electron chi connectivity index (χ2n) is 8.97. The van der Waals surface area contributed by atoms with Gasteiger partial charge in [0.1, 0.15) is 30.0 Å². The van der Waals surface area contributed by atoms with Crippen LogP contribution in [0.3, 0.4) is 0 Å². The van der Waals surface area contributed by atoms with Gasteiger partial charge in [-0.2, -0.15) is 0 Å². The van der Waals surface area contributed by atoms with Crippen molar-refractivity contribution in [2.24, 2.45) is 0 Å². The van der Waals surface area contributed by atoms with Crippen LogP contribution in [0.1, 0.15) is 29.5 Å². The van der Waals surface area contributed by atoms with Crippen LogP contribution in [0, 0.1) is 0 Å². The third kappa shape index (κ3) is 6.07. The molecule has 196 valence electrons. The standard InChI is InChI=1S/C29H32O8/c30-24(31)17-10-18-35-28-27(34)26(33)25(32)23(37-28)19-36-29(20-11-4-1-5-12-20,21-13-6-2-7-14-21)22-15-8-3-9-16-22/h1-9,11-16,23,25-28,32-34H,10,17-19H2,(H,30,31). The van der Waals surface area contributed by atoms with Gasteiger partial charge in [0.25, 0.3) is 0 Å². The summed E-state index contributed by atoms with van der Waals surface area (Å²) in [6, 6.07) is 29.1. The highest BCUT2D eigenvalue weighted by atomic mass is 16.7. The lowest BCUT2D eigenvalue weighted by atomic mass is 9.80. The largest absolute Gasteiger partial charge is 0.481 e. The molecule has 0 saturated carbocycles. The van der Waals surface area contributed by atoms with E-state index in [2.05, 4.69) is 0 Å². The fraction of sp³-hybridized carbons (Fsp3) is 0.345. The van der Waals surface area contributed by atoms with Crippen molar-refractivity contribution >= 4 is 5.97 Å². The van der Waals surface area contributed by atoms with Crippen molar-refractivity contribution in [2.45, 2.75) is 49.1 Å². The van der Waals surface area contributed by atoms with Crippen molar-refractivity contribution in [3.05, 3.63) is 108 Å². The lowest BCUT2D eigenvalue weighted by Gasteiger charge is -2.42. The number of ether oxygens (including phenoxy) is 3. The highest BCUT2D eigenvalue weighted by Crippen LogP contribution is 2.41. The Morgan fingerprint density at radius 3 is 1.70 bits per heavy atom. The highest BCUT2D eigenvalue weighted by molar-refractivity contribution is 5.66. The molecule has 0 radical (unpaired) electrons. The molecule has 8 nitrogen and oxygen atoms in total. The first-order valence-electron chi connectivity index (χ1n) is 12.3. The van der Waals surface area contributed by atoms with E-state index in [9.17, 15) is 20.1 Å². The van der Waals surface area contributed by atoms with Crippen LogP contribution in [0.5, 0.6) is 0 Å². The molecule has 37 heavy (non-hydrogen) atoms. The predicted molar refractivity (Wildman–Crippen MR) is 135 cm³/mol. The molecule has 1 aliphatic heterocycles. The van der Waals surface area contributed by atoms with Gasteiger partial charge in [-0.15, -0.1) is 0 Å². The molecular formula is C29H32O8. The number of carbonyl (C=O) groups is 1. The number of hydrogen-bond donors (Lipinski definition) is 4. The van der Waals surface area contributed by atoms with Crippen molar-refractivity contribution in [1.29, 1.82) is 0 Å². The molecule has 5 atom stereocenters. The fourth-order valence-electron chi connectivity index (χ4n) is 4.59. The Labute approximate surface area is 215 Å². The smallest absolute Gasteiger partial charge is 0.303 e. The minimum atomic E-state index is -1.54. The average Bonchev–Trinajstić information content (AvgIpc) is 2.93. The molecule has 1 aliphatic rings. The molecule has 8 heteroatoms. The molecule has 0 amide bonds. The summed E-state index contributed by atoms with van der Waals surface area (Å²) in [4.78, 5) is 10.8. The SMILES string of the molecule is O=C(O)CCCOC1OC(COC(c2ccccc2)(c2ccccc2)c2ccccc2)C(O)C(O)C1O. The molecule has 3 aromatic carbocycles. The number of carboxylic acid groups (broad SMARTS) is 1.